The number of ether oxygens (including phenoxy) is 2. The Kier molecular flexibility index (Phi) is 7.93. The summed E-state index contributed by atoms with van der Waals surface area (Å²) in [5, 5.41) is 2.80. The molecule has 1 amide bonds. The van der Waals surface area contributed by atoms with E-state index in [1.165, 1.54) is 11.1 Å². The Morgan fingerprint density at radius 1 is 1.07 bits per heavy atom. The number of amides is 1. The maximum Gasteiger partial charge on any atom is 0.258 e. The van der Waals surface area contributed by atoms with E-state index in [2.05, 4.69) is 68.0 Å². The highest BCUT2D eigenvalue weighted by atomic mass is 79.9. The van der Waals surface area contributed by atoms with Crippen LogP contribution in [-0.4, -0.2) is 25.7 Å². The Bertz CT molecular complexity index is 779. The fourth-order valence-corrected chi connectivity index (χ4v) is 3.11. The van der Waals surface area contributed by atoms with Crippen molar-refractivity contribution in [1.29, 1.82) is 0 Å². The van der Waals surface area contributed by atoms with Crippen LogP contribution in [0, 0.1) is 0 Å². The van der Waals surface area contributed by atoms with Gasteiger partial charge in [-0.05, 0) is 62.7 Å². The quantitative estimate of drug-likeness (QED) is 0.547. The number of halogens is 1. The van der Waals surface area contributed by atoms with E-state index in [4.69, 9.17) is 9.47 Å². The molecule has 0 fully saturated rings. The highest BCUT2D eigenvalue weighted by molar-refractivity contribution is 9.10. The lowest BCUT2D eigenvalue weighted by Crippen LogP contribution is -2.32. The van der Waals surface area contributed by atoms with Crippen molar-refractivity contribution in [1.82, 2.24) is 5.32 Å². The van der Waals surface area contributed by atoms with E-state index >= 15 is 0 Å². The van der Waals surface area contributed by atoms with Crippen molar-refractivity contribution >= 4 is 21.8 Å². The molecule has 0 aliphatic heterocycles. The molecule has 0 atom stereocenters. The number of hydrogen-bond acceptors (Lipinski definition) is 3. The van der Waals surface area contributed by atoms with E-state index in [0.29, 0.717) is 24.8 Å². The molecule has 0 saturated heterocycles. The summed E-state index contributed by atoms with van der Waals surface area (Å²) < 4.78 is 12.1. The molecule has 0 unspecified atom stereocenters. The monoisotopic (exact) mass is 447 g/mol. The summed E-state index contributed by atoms with van der Waals surface area (Å²) >= 11 is 3.50. The first-order valence-electron chi connectivity index (χ1n) is 9.59. The summed E-state index contributed by atoms with van der Waals surface area (Å²) in [6.07, 6.45) is 0. The van der Waals surface area contributed by atoms with Crippen molar-refractivity contribution in [2.24, 2.45) is 0 Å². The Morgan fingerprint density at radius 3 is 2.32 bits per heavy atom. The Balaban J connectivity index is 1.70. The van der Waals surface area contributed by atoms with Crippen LogP contribution in [0.25, 0.3) is 0 Å². The number of carbonyl (C=O) groups is 1. The van der Waals surface area contributed by atoms with Crippen molar-refractivity contribution < 1.29 is 14.3 Å². The first kappa shape index (κ1) is 22.3. The van der Waals surface area contributed by atoms with Gasteiger partial charge >= 0.3 is 0 Å². The van der Waals surface area contributed by atoms with Gasteiger partial charge in [-0.25, -0.2) is 0 Å². The maximum atomic E-state index is 12.0. The van der Waals surface area contributed by atoms with Gasteiger partial charge in [0.1, 0.15) is 18.1 Å². The molecule has 152 valence electrons. The summed E-state index contributed by atoms with van der Waals surface area (Å²) in [6, 6.07) is 14.0. The standard InChI is InChI=1S/C23H30BrNO3/c1-16(2)17-6-11-21(20(24)14-17)28-15-22(26)25-12-13-27-19-9-7-18(8-10-19)23(3,4)5/h6-11,14,16H,12-13,15H2,1-5H3,(H,25,26). The number of nitrogens with one attached hydrogen (secondary N) is 1. The zero-order valence-corrected chi connectivity index (χ0v) is 18.9. The minimum absolute atomic E-state index is 0.0279. The average Bonchev–Trinajstić information content (AvgIpc) is 2.63. The molecule has 0 radical (unpaired) electrons. The van der Waals surface area contributed by atoms with Crippen LogP contribution in [0.15, 0.2) is 46.9 Å². The number of rotatable bonds is 8. The molecule has 28 heavy (non-hydrogen) atoms. The zero-order chi connectivity index (χ0) is 20.7. The molecule has 2 rings (SSSR count). The van der Waals surface area contributed by atoms with Gasteiger partial charge in [0.05, 0.1) is 11.0 Å². The Morgan fingerprint density at radius 2 is 1.75 bits per heavy atom. The van der Waals surface area contributed by atoms with Crippen LogP contribution < -0.4 is 14.8 Å². The number of carbonyl (C=O) groups excluding carboxylic acids is 1. The van der Waals surface area contributed by atoms with Crippen LogP contribution in [0.3, 0.4) is 0 Å². The molecule has 0 heterocycles. The summed E-state index contributed by atoms with van der Waals surface area (Å²) in [4.78, 5) is 12.0. The summed E-state index contributed by atoms with van der Waals surface area (Å²) in [6.45, 7) is 11.6. The average molecular weight is 448 g/mol. The molecule has 0 bridgehead atoms. The van der Waals surface area contributed by atoms with Crippen molar-refractivity contribution in [3.63, 3.8) is 0 Å². The molecule has 2 aromatic carbocycles. The van der Waals surface area contributed by atoms with Crippen LogP contribution in [0.4, 0.5) is 0 Å². The summed E-state index contributed by atoms with van der Waals surface area (Å²) in [7, 11) is 0. The van der Waals surface area contributed by atoms with Crippen LogP contribution in [0.1, 0.15) is 51.7 Å². The van der Waals surface area contributed by atoms with Gasteiger partial charge in [-0.1, -0.05) is 52.8 Å². The second kappa shape index (κ2) is 9.97. The van der Waals surface area contributed by atoms with E-state index in [9.17, 15) is 4.79 Å². The molecule has 2 aromatic rings. The third-order valence-electron chi connectivity index (χ3n) is 4.39. The summed E-state index contributed by atoms with van der Waals surface area (Å²) in [5.74, 6) is 1.73. The largest absolute Gasteiger partial charge is 0.492 e. The van der Waals surface area contributed by atoms with Gasteiger partial charge in [0.15, 0.2) is 6.61 Å². The SMILES string of the molecule is CC(C)c1ccc(OCC(=O)NCCOc2ccc(C(C)(C)C)cc2)c(Br)c1. The van der Waals surface area contributed by atoms with Crippen LogP contribution in [0.2, 0.25) is 0 Å². The lowest BCUT2D eigenvalue weighted by molar-refractivity contribution is -0.123. The molecule has 4 nitrogen and oxygen atoms in total. The van der Waals surface area contributed by atoms with Crippen molar-refractivity contribution in [3.05, 3.63) is 58.1 Å². The van der Waals surface area contributed by atoms with E-state index in [1.807, 2.05) is 30.3 Å². The van der Waals surface area contributed by atoms with Gasteiger partial charge in [0.2, 0.25) is 0 Å². The fraction of sp³-hybridized carbons (Fsp3) is 0.435. The highest BCUT2D eigenvalue weighted by Crippen LogP contribution is 2.29. The van der Waals surface area contributed by atoms with E-state index < -0.39 is 0 Å². The zero-order valence-electron chi connectivity index (χ0n) is 17.3. The van der Waals surface area contributed by atoms with Gasteiger partial charge < -0.3 is 14.8 Å². The van der Waals surface area contributed by atoms with E-state index in [1.54, 1.807) is 0 Å². The molecule has 5 heteroatoms. The lowest BCUT2D eigenvalue weighted by atomic mass is 9.87. The molecule has 0 aliphatic carbocycles. The second-order valence-corrected chi connectivity index (χ2v) is 8.96. The topological polar surface area (TPSA) is 47.6 Å². The molecule has 1 N–H and O–H groups in total. The van der Waals surface area contributed by atoms with Crippen LogP contribution in [0.5, 0.6) is 11.5 Å². The molecule has 0 spiro atoms. The normalized spacial score (nSPS) is 11.4. The minimum atomic E-state index is -0.175. The molecule has 0 aliphatic rings. The second-order valence-electron chi connectivity index (χ2n) is 8.11. The molecular weight excluding hydrogens is 418 g/mol. The molecule has 0 aromatic heterocycles. The fourth-order valence-electron chi connectivity index (χ4n) is 2.60. The maximum absolute atomic E-state index is 12.0. The Labute approximate surface area is 176 Å². The predicted octanol–water partition coefficient (Wildman–Crippen LogP) is 5.44. The van der Waals surface area contributed by atoms with Crippen LogP contribution in [-0.2, 0) is 10.2 Å². The first-order chi connectivity index (χ1) is 13.2. The molecule has 0 saturated carbocycles. The van der Waals surface area contributed by atoms with Gasteiger partial charge in [-0.2, -0.15) is 0 Å². The third-order valence-corrected chi connectivity index (χ3v) is 5.01. The van der Waals surface area contributed by atoms with Gasteiger partial charge in [-0.3, -0.25) is 4.79 Å². The summed E-state index contributed by atoms with van der Waals surface area (Å²) in [5.41, 5.74) is 2.60. The van der Waals surface area contributed by atoms with Crippen molar-refractivity contribution in [2.75, 3.05) is 19.8 Å². The third kappa shape index (κ3) is 6.86. The first-order valence-corrected chi connectivity index (χ1v) is 10.4. The van der Waals surface area contributed by atoms with E-state index in [-0.39, 0.29) is 17.9 Å². The number of hydrogen-bond donors (Lipinski definition) is 1. The lowest BCUT2D eigenvalue weighted by Gasteiger charge is -2.19. The van der Waals surface area contributed by atoms with E-state index in [0.717, 1.165) is 10.2 Å². The van der Waals surface area contributed by atoms with Gasteiger partial charge in [0, 0.05) is 0 Å². The van der Waals surface area contributed by atoms with Gasteiger partial charge in [0.25, 0.3) is 5.91 Å². The van der Waals surface area contributed by atoms with Gasteiger partial charge in [-0.15, -0.1) is 0 Å². The minimum Gasteiger partial charge on any atom is -0.492 e. The predicted molar refractivity (Wildman–Crippen MR) is 117 cm³/mol. The smallest absolute Gasteiger partial charge is 0.258 e. The van der Waals surface area contributed by atoms with Crippen molar-refractivity contribution in [3.8, 4) is 11.5 Å². The molecular formula is C23H30BrNO3. The Hall–Kier alpha value is -2.01. The van der Waals surface area contributed by atoms with Crippen molar-refractivity contribution in [2.45, 2.75) is 46.0 Å². The van der Waals surface area contributed by atoms with Crippen LogP contribution >= 0.6 is 15.9 Å². The highest BCUT2D eigenvalue weighted by Gasteiger charge is 2.13. The number of benzene rings is 2.